The van der Waals surface area contributed by atoms with Gasteiger partial charge < -0.3 is 14.8 Å². The number of para-hydroxylation sites is 1. The van der Waals surface area contributed by atoms with Crippen LogP contribution in [0, 0.1) is 11.8 Å². The molecule has 29 heavy (non-hydrogen) atoms. The Bertz CT molecular complexity index is 1090. The van der Waals surface area contributed by atoms with Crippen LogP contribution in [0.5, 0.6) is 0 Å². The molecule has 1 saturated heterocycles. The summed E-state index contributed by atoms with van der Waals surface area (Å²) in [6.07, 6.45) is 2.26. The van der Waals surface area contributed by atoms with Gasteiger partial charge in [0.25, 0.3) is 11.5 Å². The van der Waals surface area contributed by atoms with Gasteiger partial charge in [0.1, 0.15) is 0 Å². The fourth-order valence-corrected chi connectivity index (χ4v) is 5.78. The summed E-state index contributed by atoms with van der Waals surface area (Å²) in [5.74, 6) is 1.42. The second-order valence-corrected chi connectivity index (χ2v) is 9.60. The first kappa shape index (κ1) is 20.1. The Balaban J connectivity index is 1.43. The Morgan fingerprint density at radius 1 is 1.17 bits per heavy atom. The predicted octanol–water partition coefficient (Wildman–Crippen LogP) is 3.85. The van der Waals surface area contributed by atoms with Crippen molar-refractivity contribution in [3.8, 4) is 0 Å². The van der Waals surface area contributed by atoms with Crippen LogP contribution in [0.4, 0.5) is 0 Å². The van der Waals surface area contributed by atoms with Crippen LogP contribution in [0.3, 0.4) is 0 Å². The van der Waals surface area contributed by atoms with Crippen molar-refractivity contribution in [2.75, 3.05) is 26.2 Å². The van der Waals surface area contributed by atoms with Gasteiger partial charge in [0.05, 0.1) is 15.8 Å². The Morgan fingerprint density at radius 2 is 1.90 bits per heavy atom. The van der Waals surface area contributed by atoms with E-state index in [-0.39, 0.29) is 11.5 Å². The van der Waals surface area contributed by atoms with Crippen molar-refractivity contribution in [2.24, 2.45) is 18.9 Å². The summed E-state index contributed by atoms with van der Waals surface area (Å²) < 4.78 is 2.55. The molecule has 0 radical (unpaired) electrons. The number of hydrogen-bond donors (Lipinski definition) is 1. The molecule has 1 amide bonds. The van der Waals surface area contributed by atoms with Crippen LogP contribution in [-0.2, 0) is 7.05 Å². The molecule has 1 aliphatic rings. The Labute approximate surface area is 175 Å². The van der Waals surface area contributed by atoms with Crippen molar-refractivity contribution in [1.29, 1.82) is 0 Å². The number of nitrogens with one attached hydrogen (secondary N) is 1. The molecule has 0 aliphatic carbocycles. The van der Waals surface area contributed by atoms with Crippen LogP contribution in [0.1, 0.15) is 36.4 Å². The number of aryl methyl sites for hydroxylation is 1. The maximum absolute atomic E-state index is 12.7. The van der Waals surface area contributed by atoms with Gasteiger partial charge in [-0.2, -0.15) is 0 Å². The molecule has 6 heteroatoms. The lowest BCUT2D eigenvalue weighted by Crippen LogP contribution is -2.40. The smallest absolute Gasteiger partial charge is 0.261 e. The van der Waals surface area contributed by atoms with Crippen molar-refractivity contribution in [3.63, 3.8) is 0 Å². The van der Waals surface area contributed by atoms with E-state index >= 15 is 0 Å². The second-order valence-electron chi connectivity index (χ2n) is 8.55. The molecule has 0 spiro atoms. The van der Waals surface area contributed by atoms with Crippen molar-refractivity contribution in [2.45, 2.75) is 26.7 Å². The van der Waals surface area contributed by atoms with Crippen molar-refractivity contribution in [1.82, 2.24) is 14.8 Å². The topological polar surface area (TPSA) is 54.3 Å². The number of rotatable bonds is 5. The molecule has 0 unspecified atom stereocenters. The van der Waals surface area contributed by atoms with Crippen molar-refractivity contribution < 1.29 is 4.79 Å². The number of carbonyl (C=O) groups excluding carboxylic acids is 1. The van der Waals surface area contributed by atoms with E-state index in [1.54, 1.807) is 17.7 Å². The average molecular weight is 412 g/mol. The fourth-order valence-electron chi connectivity index (χ4n) is 4.68. The number of likely N-dealkylation sites (tertiary alicyclic amines) is 1. The van der Waals surface area contributed by atoms with E-state index < -0.39 is 0 Å². The molecular formula is C23H29N3O2S. The lowest BCUT2D eigenvalue weighted by Gasteiger charge is -2.34. The summed E-state index contributed by atoms with van der Waals surface area (Å²) in [5.41, 5.74) is 0.839. The number of thiophene rings is 1. The van der Waals surface area contributed by atoms with E-state index in [2.05, 4.69) is 24.1 Å². The van der Waals surface area contributed by atoms with E-state index in [1.165, 1.54) is 17.8 Å². The van der Waals surface area contributed by atoms with Gasteiger partial charge in [-0.1, -0.05) is 32.0 Å². The minimum Gasteiger partial charge on any atom is -0.351 e. The molecule has 2 atom stereocenters. The number of nitrogens with zero attached hydrogens (tertiary/aromatic N) is 2. The lowest BCUT2D eigenvalue weighted by atomic mass is 9.92. The van der Waals surface area contributed by atoms with Crippen LogP contribution in [-0.4, -0.2) is 41.6 Å². The zero-order chi connectivity index (χ0) is 20.5. The summed E-state index contributed by atoms with van der Waals surface area (Å²) in [6, 6.07) is 9.60. The van der Waals surface area contributed by atoms with Crippen LogP contribution < -0.4 is 10.9 Å². The molecule has 5 nitrogen and oxygen atoms in total. The quantitative estimate of drug-likeness (QED) is 0.649. The average Bonchev–Trinajstić information content (AvgIpc) is 3.14. The zero-order valence-electron chi connectivity index (χ0n) is 17.4. The van der Waals surface area contributed by atoms with E-state index in [0.29, 0.717) is 16.8 Å². The fraction of sp³-hybridized carbons (Fsp3) is 0.478. The molecule has 2 aromatic heterocycles. The maximum Gasteiger partial charge on any atom is 0.261 e. The summed E-state index contributed by atoms with van der Waals surface area (Å²) in [7, 11) is 1.78. The van der Waals surface area contributed by atoms with Gasteiger partial charge in [-0.05, 0) is 43.4 Å². The van der Waals surface area contributed by atoms with E-state index in [9.17, 15) is 9.59 Å². The van der Waals surface area contributed by atoms with Crippen LogP contribution in [0.25, 0.3) is 21.0 Å². The van der Waals surface area contributed by atoms with Gasteiger partial charge in [0.2, 0.25) is 0 Å². The standard InChI is InChI=1S/C23H29N3O2S/c1-15-11-16(2)14-26(13-15)10-6-9-24-22(27)20-12-18-21(29-20)17-7-4-5-8-19(17)25(3)23(18)28/h4-5,7-8,12,15-16H,6,9-11,13-14H2,1-3H3,(H,24,27)/t15-,16+. The van der Waals surface area contributed by atoms with E-state index in [1.807, 2.05) is 24.3 Å². The Morgan fingerprint density at radius 3 is 2.66 bits per heavy atom. The molecule has 1 N–H and O–H groups in total. The predicted molar refractivity (Wildman–Crippen MR) is 121 cm³/mol. The highest BCUT2D eigenvalue weighted by molar-refractivity contribution is 7.21. The molecule has 0 saturated carbocycles. The van der Waals surface area contributed by atoms with E-state index in [4.69, 9.17) is 0 Å². The molecule has 0 bridgehead atoms. The first-order chi connectivity index (χ1) is 13.9. The number of piperidine rings is 1. The van der Waals surface area contributed by atoms with Crippen LogP contribution in [0.2, 0.25) is 0 Å². The molecule has 154 valence electrons. The summed E-state index contributed by atoms with van der Waals surface area (Å²) in [4.78, 5) is 28.5. The number of carbonyl (C=O) groups is 1. The molecule has 4 rings (SSSR count). The highest BCUT2D eigenvalue weighted by atomic mass is 32.1. The minimum absolute atomic E-state index is 0.0534. The zero-order valence-corrected chi connectivity index (χ0v) is 18.2. The van der Waals surface area contributed by atoms with Crippen LogP contribution >= 0.6 is 11.3 Å². The number of amides is 1. The molecule has 1 fully saturated rings. The lowest BCUT2D eigenvalue weighted by molar-refractivity contribution is 0.0951. The van der Waals surface area contributed by atoms with Gasteiger partial charge in [-0.3, -0.25) is 9.59 Å². The highest BCUT2D eigenvalue weighted by Crippen LogP contribution is 2.30. The number of pyridine rings is 1. The molecular weight excluding hydrogens is 382 g/mol. The first-order valence-electron chi connectivity index (χ1n) is 10.5. The van der Waals surface area contributed by atoms with E-state index in [0.717, 1.165) is 53.5 Å². The summed E-state index contributed by atoms with van der Waals surface area (Å²) in [5, 5.41) is 4.68. The maximum atomic E-state index is 12.7. The number of hydrogen-bond acceptors (Lipinski definition) is 4. The molecule has 1 aliphatic heterocycles. The number of benzene rings is 1. The van der Waals surface area contributed by atoms with Gasteiger partial charge in [0.15, 0.2) is 0 Å². The molecule has 1 aromatic carbocycles. The highest BCUT2D eigenvalue weighted by Gasteiger charge is 2.21. The number of aromatic nitrogens is 1. The van der Waals surface area contributed by atoms with Crippen LogP contribution in [0.15, 0.2) is 35.1 Å². The van der Waals surface area contributed by atoms with Gasteiger partial charge in [-0.15, -0.1) is 11.3 Å². The van der Waals surface area contributed by atoms with Gasteiger partial charge >= 0.3 is 0 Å². The van der Waals surface area contributed by atoms with Gasteiger partial charge in [-0.25, -0.2) is 0 Å². The third-order valence-electron chi connectivity index (χ3n) is 5.88. The normalized spacial score (nSPS) is 20.4. The van der Waals surface area contributed by atoms with Crippen molar-refractivity contribution in [3.05, 3.63) is 45.6 Å². The molecule has 3 heterocycles. The summed E-state index contributed by atoms with van der Waals surface area (Å²) in [6.45, 7) is 8.63. The number of fused-ring (bicyclic) bond motifs is 3. The SMILES string of the molecule is C[C@@H]1C[C@H](C)CN(CCCNC(=O)c2cc3c(=O)n(C)c4ccccc4c3s2)C1. The Hall–Kier alpha value is -2.18. The van der Waals surface area contributed by atoms with Gasteiger partial charge in [0, 0.05) is 36.8 Å². The Kier molecular flexibility index (Phi) is 5.74. The third kappa shape index (κ3) is 4.09. The second kappa shape index (κ2) is 8.28. The largest absolute Gasteiger partial charge is 0.351 e. The minimum atomic E-state index is -0.0854. The van der Waals surface area contributed by atoms with Crippen molar-refractivity contribution >= 4 is 38.2 Å². The monoisotopic (exact) mass is 411 g/mol. The third-order valence-corrected chi connectivity index (χ3v) is 7.05. The molecule has 3 aromatic rings. The summed E-state index contributed by atoms with van der Waals surface area (Å²) >= 11 is 1.41. The first-order valence-corrected chi connectivity index (χ1v) is 11.3.